The lowest BCUT2D eigenvalue weighted by atomic mass is 10.3. The molecule has 2 aromatic rings. The van der Waals surface area contributed by atoms with Crippen molar-refractivity contribution in [2.75, 3.05) is 19.0 Å². The Bertz CT molecular complexity index is 531. The molecule has 0 aliphatic rings. The number of nitrogens with zero attached hydrogens (tertiary/aromatic N) is 2. The Morgan fingerprint density at radius 2 is 1.76 bits per heavy atom. The molecular formula is C14H19N3O3S. The molecule has 0 unspecified atom stereocenters. The summed E-state index contributed by atoms with van der Waals surface area (Å²) in [5, 5.41) is 8.17. The zero-order chi connectivity index (χ0) is 14.9. The van der Waals surface area contributed by atoms with Gasteiger partial charge in [0.25, 0.3) is 5.22 Å². The molecule has 114 valence electrons. The fraction of sp³-hybridized carbons (Fsp3) is 0.429. The normalized spacial score (nSPS) is 10.6. The minimum atomic E-state index is 0.260. The number of thioether (sulfide) groups is 1. The standard InChI is InChI=1S/C14H19N3O3S/c1-2-7-18-11-3-5-12(6-4-11)19-8-9-21-14-17-16-13(10-15)20-14/h3-6H,2,7-10,15H2,1H3. The van der Waals surface area contributed by atoms with E-state index in [2.05, 4.69) is 17.1 Å². The average Bonchev–Trinajstić information content (AvgIpc) is 2.99. The predicted octanol–water partition coefficient (Wildman–Crippen LogP) is 2.49. The fourth-order valence-corrected chi connectivity index (χ4v) is 2.11. The van der Waals surface area contributed by atoms with E-state index in [-0.39, 0.29) is 6.54 Å². The van der Waals surface area contributed by atoms with Gasteiger partial charge in [-0.15, -0.1) is 10.2 Å². The number of benzene rings is 1. The van der Waals surface area contributed by atoms with Gasteiger partial charge in [-0.05, 0) is 30.7 Å². The van der Waals surface area contributed by atoms with Crippen molar-refractivity contribution in [3.05, 3.63) is 30.2 Å². The predicted molar refractivity (Wildman–Crippen MR) is 80.6 cm³/mol. The van der Waals surface area contributed by atoms with Gasteiger partial charge >= 0.3 is 0 Å². The number of hydrogen-bond donors (Lipinski definition) is 1. The van der Waals surface area contributed by atoms with E-state index in [1.54, 1.807) is 0 Å². The summed E-state index contributed by atoms with van der Waals surface area (Å²) in [7, 11) is 0. The smallest absolute Gasteiger partial charge is 0.276 e. The summed E-state index contributed by atoms with van der Waals surface area (Å²) in [5.74, 6) is 2.84. The molecule has 1 heterocycles. The number of rotatable bonds is 9. The second kappa shape index (κ2) is 8.53. The van der Waals surface area contributed by atoms with E-state index in [1.165, 1.54) is 11.8 Å². The highest BCUT2D eigenvalue weighted by Crippen LogP contribution is 2.19. The molecule has 0 aliphatic carbocycles. The minimum absolute atomic E-state index is 0.260. The zero-order valence-corrected chi connectivity index (χ0v) is 12.8. The summed E-state index contributed by atoms with van der Waals surface area (Å²) in [6.45, 7) is 3.62. The van der Waals surface area contributed by atoms with Gasteiger partial charge in [0, 0.05) is 5.75 Å². The van der Waals surface area contributed by atoms with Crippen LogP contribution in [-0.2, 0) is 6.54 Å². The van der Waals surface area contributed by atoms with Crippen molar-refractivity contribution < 1.29 is 13.9 Å². The lowest BCUT2D eigenvalue weighted by Gasteiger charge is -2.07. The van der Waals surface area contributed by atoms with Crippen LogP contribution in [0, 0.1) is 0 Å². The first-order chi connectivity index (χ1) is 10.3. The maximum atomic E-state index is 5.63. The van der Waals surface area contributed by atoms with Crippen molar-refractivity contribution in [1.82, 2.24) is 10.2 Å². The van der Waals surface area contributed by atoms with Gasteiger partial charge in [0.15, 0.2) is 0 Å². The molecule has 21 heavy (non-hydrogen) atoms. The zero-order valence-electron chi connectivity index (χ0n) is 11.9. The van der Waals surface area contributed by atoms with Gasteiger partial charge in [0.1, 0.15) is 11.5 Å². The molecule has 0 aliphatic heterocycles. The van der Waals surface area contributed by atoms with Gasteiger partial charge < -0.3 is 19.6 Å². The van der Waals surface area contributed by atoms with E-state index in [1.807, 2.05) is 24.3 Å². The van der Waals surface area contributed by atoms with Crippen LogP contribution in [-0.4, -0.2) is 29.2 Å². The number of aromatic nitrogens is 2. The monoisotopic (exact) mass is 309 g/mol. The molecule has 1 aromatic heterocycles. The fourth-order valence-electron chi connectivity index (χ4n) is 1.52. The molecule has 0 fully saturated rings. The van der Waals surface area contributed by atoms with E-state index in [0.717, 1.165) is 30.3 Å². The summed E-state index contributed by atoms with van der Waals surface area (Å²) in [6.07, 6.45) is 0.997. The highest BCUT2D eigenvalue weighted by molar-refractivity contribution is 7.99. The van der Waals surface area contributed by atoms with Crippen LogP contribution in [0.15, 0.2) is 33.9 Å². The molecule has 0 saturated carbocycles. The Morgan fingerprint density at radius 3 is 2.33 bits per heavy atom. The van der Waals surface area contributed by atoms with Crippen LogP contribution in [0.2, 0.25) is 0 Å². The Hall–Kier alpha value is -1.73. The van der Waals surface area contributed by atoms with Gasteiger partial charge in [-0.1, -0.05) is 18.7 Å². The molecule has 2 N–H and O–H groups in total. The minimum Gasteiger partial charge on any atom is -0.494 e. The molecule has 7 heteroatoms. The molecule has 0 bridgehead atoms. The summed E-state index contributed by atoms with van der Waals surface area (Å²) < 4.78 is 16.4. The molecule has 0 spiro atoms. The number of ether oxygens (including phenoxy) is 2. The third-order valence-electron chi connectivity index (χ3n) is 2.50. The Balaban J connectivity index is 1.68. The summed E-state index contributed by atoms with van der Waals surface area (Å²) in [6, 6.07) is 7.61. The van der Waals surface area contributed by atoms with Gasteiger partial charge in [-0.3, -0.25) is 0 Å². The van der Waals surface area contributed by atoms with Crippen LogP contribution in [0.4, 0.5) is 0 Å². The highest BCUT2D eigenvalue weighted by Gasteiger charge is 2.04. The van der Waals surface area contributed by atoms with Crippen LogP contribution in [0.5, 0.6) is 11.5 Å². The van der Waals surface area contributed by atoms with Crippen molar-refractivity contribution in [3.8, 4) is 11.5 Å². The molecule has 1 aromatic carbocycles. The molecule has 0 radical (unpaired) electrons. The van der Waals surface area contributed by atoms with Crippen LogP contribution in [0.1, 0.15) is 19.2 Å². The molecule has 2 rings (SSSR count). The van der Waals surface area contributed by atoms with Gasteiger partial charge in [-0.25, -0.2) is 0 Å². The first kappa shape index (κ1) is 15.7. The molecule has 0 amide bonds. The van der Waals surface area contributed by atoms with Crippen molar-refractivity contribution in [2.24, 2.45) is 5.73 Å². The van der Waals surface area contributed by atoms with Gasteiger partial charge in [0.05, 0.1) is 19.8 Å². The van der Waals surface area contributed by atoms with Crippen molar-refractivity contribution in [1.29, 1.82) is 0 Å². The first-order valence-corrected chi connectivity index (χ1v) is 7.81. The van der Waals surface area contributed by atoms with Crippen LogP contribution < -0.4 is 15.2 Å². The topological polar surface area (TPSA) is 83.4 Å². The van der Waals surface area contributed by atoms with Gasteiger partial charge in [0.2, 0.25) is 5.89 Å². The van der Waals surface area contributed by atoms with Crippen LogP contribution in [0.3, 0.4) is 0 Å². The highest BCUT2D eigenvalue weighted by atomic mass is 32.2. The second-order valence-electron chi connectivity index (χ2n) is 4.18. The lowest BCUT2D eigenvalue weighted by molar-refractivity contribution is 0.314. The Labute approximate surface area is 128 Å². The average molecular weight is 309 g/mol. The number of nitrogens with two attached hydrogens (primary N) is 1. The van der Waals surface area contributed by atoms with E-state index in [4.69, 9.17) is 19.6 Å². The van der Waals surface area contributed by atoms with E-state index >= 15 is 0 Å². The maximum absolute atomic E-state index is 5.63. The van der Waals surface area contributed by atoms with Crippen LogP contribution in [0.25, 0.3) is 0 Å². The molecule has 0 atom stereocenters. The maximum Gasteiger partial charge on any atom is 0.276 e. The quantitative estimate of drug-likeness (QED) is 0.562. The van der Waals surface area contributed by atoms with Gasteiger partial charge in [-0.2, -0.15) is 0 Å². The van der Waals surface area contributed by atoms with E-state index < -0.39 is 0 Å². The van der Waals surface area contributed by atoms with Crippen molar-refractivity contribution in [2.45, 2.75) is 25.1 Å². The lowest BCUT2D eigenvalue weighted by Crippen LogP contribution is -2.00. The molecule has 6 nitrogen and oxygen atoms in total. The molecular weight excluding hydrogens is 290 g/mol. The van der Waals surface area contributed by atoms with Crippen molar-refractivity contribution in [3.63, 3.8) is 0 Å². The SMILES string of the molecule is CCCOc1ccc(OCCSc2nnc(CN)o2)cc1. The largest absolute Gasteiger partial charge is 0.494 e. The Kier molecular flexibility index (Phi) is 6.36. The summed E-state index contributed by atoms with van der Waals surface area (Å²) in [5.41, 5.74) is 5.40. The second-order valence-corrected chi connectivity index (χ2v) is 5.23. The third kappa shape index (κ3) is 5.28. The number of hydrogen-bond acceptors (Lipinski definition) is 7. The Morgan fingerprint density at radius 1 is 1.10 bits per heavy atom. The molecule has 0 saturated heterocycles. The summed E-state index contributed by atoms with van der Waals surface area (Å²) in [4.78, 5) is 0. The first-order valence-electron chi connectivity index (χ1n) is 6.82. The third-order valence-corrected chi connectivity index (χ3v) is 3.28. The van der Waals surface area contributed by atoms with Crippen molar-refractivity contribution >= 4 is 11.8 Å². The van der Waals surface area contributed by atoms with E-state index in [9.17, 15) is 0 Å². The van der Waals surface area contributed by atoms with E-state index in [0.29, 0.717) is 17.7 Å². The summed E-state index contributed by atoms with van der Waals surface area (Å²) >= 11 is 1.44. The van der Waals surface area contributed by atoms with Crippen LogP contribution >= 0.6 is 11.8 Å².